The van der Waals surface area contributed by atoms with Gasteiger partial charge in [0.25, 0.3) is 0 Å². The first-order valence-electron chi connectivity index (χ1n) is 6.44. The van der Waals surface area contributed by atoms with Crippen LogP contribution in [0.3, 0.4) is 0 Å². The highest BCUT2D eigenvalue weighted by Crippen LogP contribution is 2.14. The first-order valence-corrected chi connectivity index (χ1v) is 8.03. The Labute approximate surface area is 140 Å². The summed E-state index contributed by atoms with van der Waals surface area (Å²) >= 11 is 6.71. The number of ketones is 1. The second kappa shape index (κ2) is 7.57. The lowest BCUT2D eigenvalue weighted by Crippen LogP contribution is -2.01. The number of hydrogen-bond donors (Lipinski definition) is 1. The fourth-order valence-corrected chi connectivity index (χ4v) is 2.43. The van der Waals surface area contributed by atoms with E-state index in [1.807, 2.05) is 48.5 Å². The van der Waals surface area contributed by atoms with Gasteiger partial charge in [0.05, 0.1) is 0 Å². The third kappa shape index (κ3) is 5.48. The van der Waals surface area contributed by atoms with Crippen molar-refractivity contribution in [2.24, 2.45) is 0 Å². The van der Waals surface area contributed by atoms with Gasteiger partial charge < -0.3 is 5.11 Å². The van der Waals surface area contributed by atoms with Crippen molar-refractivity contribution in [2.45, 2.75) is 12.8 Å². The predicted molar refractivity (Wildman–Crippen MR) is 91.4 cm³/mol. The molecule has 2 rings (SSSR count). The largest absolute Gasteiger partial charge is 0.512 e. The maximum atomic E-state index is 11.9. The highest BCUT2D eigenvalue weighted by atomic mass is 79.9. The normalized spacial score (nSPS) is 11.4. The molecule has 0 saturated heterocycles. The minimum atomic E-state index is -0.105. The topological polar surface area (TPSA) is 37.3 Å². The number of rotatable bonds is 5. The van der Waals surface area contributed by atoms with Crippen LogP contribution in [0.1, 0.15) is 11.1 Å². The Bertz CT molecular complexity index is 643. The summed E-state index contributed by atoms with van der Waals surface area (Å²) in [6, 6.07) is 15.2. The summed E-state index contributed by atoms with van der Waals surface area (Å²) in [5.74, 6) is -0.0219. The Morgan fingerprint density at radius 3 is 1.76 bits per heavy atom. The molecule has 0 spiro atoms. The van der Waals surface area contributed by atoms with E-state index in [9.17, 15) is 9.90 Å². The van der Waals surface area contributed by atoms with E-state index < -0.39 is 0 Å². The first-order chi connectivity index (χ1) is 10.0. The SMILES string of the molecule is O=C(/C=C(\O)Cc1ccc(Br)cc1)Cc1ccc(Br)cc1. The molecule has 0 bridgehead atoms. The average Bonchev–Trinajstić information content (AvgIpc) is 2.44. The summed E-state index contributed by atoms with van der Waals surface area (Å²) in [6.07, 6.45) is 1.96. The van der Waals surface area contributed by atoms with Gasteiger partial charge in [0.15, 0.2) is 5.78 Å². The van der Waals surface area contributed by atoms with Crippen molar-refractivity contribution in [3.8, 4) is 0 Å². The van der Waals surface area contributed by atoms with Crippen LogP contribution in [-0.2, 0) is 17.6 Å². The van der Waals surface area contributed by atoms with Gasteiger partial charge in [-0.3, -0.25) is 4.79 Å². The fraction of sp³-hybridized carbons (Fsp3) is 0.118. The van der Waals surface area contributed by atoms with E-state index in [1.165, 1.54) is 6.08 Å². The Morgan fingerprint density at radius 2 is 1.29 bits per heavy atom. The molecule has 2 nitrogen and oxygen atoms in total. The quantitative estimate of drug-likeness (QED) is 0.556. The van der Waals surface area contributed by atoms with E-state index in [4.69, 9.17) is 0 Å². The molecule has 1 N–H and O–H groups in total. The fourth-order valence-electron chi connectivity index (χ4n) is 1.90. The molecule has 0 atom stereocenters. The minimum Gasteiger partial charge on any atom is -0.512 e. The monoisotopic (exact) mass is 408 g/mol. The molecule has 4 heteroatoms. The number of carbonyl (C=O) groups excluding carboxylic acids is 1. The van der Waals surface area contributed by atoms with Crippen molar-refractivity contribution < 1.29 is 9.90 Å². The zero-order chi connectivity index (χ0) is 15.2. The summed E-state index contributed by atoms with van der Waals surface area (Å²) in [7, 11) is 0. The Hall–Kier alpha value is -1.39. The molecule has 0 amide bonds. The molecule has 2 aromatic carbocycles. The molecule has 0 aliphatic carbocycles. The number of carbonyl (C=O) groups is 1. The van der Waals surface area contributed by atoms with Gasteiger partial charge in [0.1, 0.15) is 5.76 Å². The standard InChI is InChI=1S/C17H14Br2O2/c18-14-5-1-12(2-6-14)9-16(20)11-17(21)10-13-3-7-15(19)8-4-13/h1-8,11,20H,9-10H2/b16-11-. The molecule has 0 saturated carbocycles. The zero-order valence-electron chi connectivity index (χ0n) is 11.2. The van der Waals surface area contributed by atoms with E-state index in [-0.39, 0.29) is 18.0 Å². The van der Waals surface area contributed by atoms with E-state index in [0.717, 1.165) is 20.1 Å². The van der Waals surface area contributed by atoms with Crippen LogP contribution in [0.15, 0.2) is 69.3 Å². The molecule has 0 aliphatic heterocycles. The second-order valence-electron chi connectivity index (χ2n) is 4.71. The van der Waals surface area contributed by atoms with E-state index in [2.05, 4.69) is 31.9 Å². The zero-order valence-corrected chi connectivity index (χ0v) is 14.4. The smallest absolute Gasteiger partial charge is 0.163 e. The van der Waals surface area contributed by atoms with Gasteiger partial charge in [-0.2, -0.15) is 0 Å². The lowest BCUT2D eigenvalue weighted by molar-refractivity contribution is -0.114. The second-order valence-corrected chi connectivity index (χ2v) is 6.54. The van der Waals surface area contributed by atoms with Gasteiger partial charge in [-0.05, 0) is 35.4 Å². The number of hydrogen-bond acceptors (Lipinski definition) is 2. The van der Waals surface area contributed by atoms with E-state index >= 15 is 0 Å². The van der Waals surface area contributed by atoms with E-state index in [0.29, 0.717) is 6.42 Å². The van der Waals surface area contributed by atoms with Gasteiger partial charge >= 0.3 is 0 Å². The number of halogens is 2. The van der Waals surface area contributed by atoms with Crippen LogP contribution in [0.2, 0.25) is 0 Å². The van der Waals surface area contributed by atoms with Crippen LogP contribution in [0.4, 0.5) is 0 Å². The molecule has 2 aromatic rings. The first kappa shape index (κ1) is 16.0. The van der Waals surface area contributed by atoms with E-state index in [1.54, 1.807) is 0 Å². The van der Waals surface area contributed by atoms with Gasteiger partial charge in [0, 0.05) is 27.9 Å². The number of aliphatic hydroxyl groups excluding tert-OH is 1. The van der Waals surface area contributed by atoms with Crippen molar-refractivity contribution >= 4 is 37.6 Å². The maximum absolute atomic E-state index is 11.9. The third-order valence-corrected chi connectivity index (χ3v) is 3.98. The molecule has 0 heterocycles. The Morgan fingerprint density at radius 1 is 0.857 bits per heavy atom. The van der Waals surface area contributed by atoms with Gasteiger partial charge in [0.2, 0.25) is 0 Å². The maximum Gasteiger partial charge on any atom is 0.163 e. The number of aliphatic hydroxyl groups is 1. The van der Waals surface area contributed by atoms with Gasteiger partial charge in [-0.15, -0.1) is 0 Å². The molecule has 0 aromatic heterocycles. The lowest BCUT2D eigenvalue weighted by atomic mass is 10.1. The molecular formula is C17H14Br2O2. The summed E-state index contributed by atoms with van der Waals surface area (Å²) in [5.41, 5.74) is 1.89. The molecule has 0 fully saturated rings. The molecular weight excluding hydrogens is 396 g/mol. The van der Waals surface area contributed by atoms with Crippen LogP contribution in [0.25, 0.3) is 0 Å². The van der Waals surface area contributed by atoms with Crippen molar-refractivity contribution in [3.63, 3.8) is 0 Å². The van der Waals surface area contributed by atoms with Gasteiger partial charge in [-0.25, -0.2) is 0 Å². The predicted octanol–water partition coefficient (Wildman–Crippen LogP) is 5.01. The number of benzene rings is 2. The third-order valence-electron chi connectivity index (χ3n) is 2.92. The van der Waals surface area contributed by atoms with Crippen LogP contribution in [0, 0.1) is 0 Å². The Balaban J connectivity index is 1.96. The summed E-state index contributed by atoms with van der Waals surface area (Å²) < 4.78 is 1.97. The molecule has 0 unspecified atom stereocenters. The van der Waals surface area contributed by atoms with Crippen molar-refractivity contribution in [2.75, 3.05) is 0 Å². The van der Waals surface area contributed by atoms with Crippen LogP contribution < -0.4 is 0 Å². The molecule has 0 radical (unpaired) electrons. The van der Waals surface area contributed by atoms with Gasteiger partial charge in [-0.1, -0.05) is 56.1 Å². The minimum absolute atomic E-state index is 0.0828. The average molecular weight is 410 g/mol. The van der Waals surface area contributed by atoms with Crippen molar-refractivity contribution in [3.05, 3.63) is 80.4 Å². The van der Waals surface area contributed by atoms with Crippen molar-refractivity contribution in [1.29, 1.82) is 0 Å². The molecule has 108 valence electrons. The summed E-state index contributed by atoms with van der Waals surface area (Å²) in [4.78, 5) is 11.9. The number of allylic oxidation sites excluding steroid dienone is 2. The lowest BCUT2D eigenvalue weighted by Gasteiger charge is -2.02. The van der Waals surface area contributed by atoms with Crippen LogP contribution in [0.5, 0.6) is 0 Å². The summed E-state index contributed by atoms with van der Waals surface area (Å²) in [6.45, 7) is 0. The highest BCUT2D eigenvalue weighted by molar-refractivity contribution is 9.10. The van der Waals surface area contributed by atoms with Crippen LogP contribution >= 0.6 is 31.9 Å². The Kier molecular flexibility index (Phi) is 5.76. The van der Waals surface area contributed by atoms with Crippen LogP contribution in [-0.4, -0.2) is 10.9 Å². The highest BCUT2D eigenvalue weighted by Gasteiger charge is 2.04. The molecule has 0 aliphatic rings. The molecule has 21 heavy (non-hydrogen) atoms. The summed E-state index contributed by atoms with van der Waals surface area (Å²) in [5, 5.41) is 9.89. The van der Waals surface area contributed by atoms with Crippen molar-refractivity contribution in [1.82, 2.24) is 0 Å².